The number of hydrogen-bond donors (Lipinski definition) is 1. The number of fused-ring (bicyclic) bond motifs is 1. The molecule has 2 rings (SSSR count). The molecule has 0 aliphatic carbocycles. The second-order valence-corrected chi connectivity index (χ2v) is 3.78. The minimum absolute atomic E-state index is 0.0527. The first-order valence-electron chi connectivity index (χ1n) is 4.49. The van der Waals surface area contributed by atoms with E-state index in [-0.39, 0.29) is 16.8 Å². The molecule has 6 heteroatoms. The molecule has 0 bridgehead atoms. The molecule has 1 aromatic carbocycles. The standard InChI is InChI=1S/C10H7BrN2O3/c11-4-9(14)6-5-12-7-2-1-3-8(10(6)7)13(15)16/h1-3,5,12H,4H2. The number of aromatic nitrogens is 1. The summed E-state index contributed by atoms with van der Waals surface area (Å²) in [6.45, 7) is 0. The van der Waals surface area contributed by atoms with E-state index in [2.05, 4.69) is 20.9 Å². The van der Waals surface area contributed by atoms with Gasteiger partial charge < -0.3 is 4.98 Å². The number of nitro groups is 1. The molecule has 0 fully saturated rings. The molecular formula is C10H7BrN2O3. The summed E-state index contributed by atoms with van der Waals surface area (Å²) in [7, 11) is 0. The monoisotopic (exact) mass is 282 g/mol. The Morgan fingerprint density at radius 2 is 2.25 bits per heavy atom. The number of halogens is 1. The van der Waals surface area contributed by atoms with E-state index in [0.717, 1.165) is 0 Å². The number of Topliss-reactive ketones (excluding diaryl/α,β-unsaturated/α-hetero) is 1. The van der Waals surface area contributed by atoms with Crippen LogP contribution in [0, 0.1) is 10.1 Å². The van der Waals surface area contributed by atoms with Crippen LogP contribution in [0.1, 0.15) is 10.4 Å². The number of alkyl halides is 1. The SMILES string of the molecule is O=C(CBr)c1c[nH]c2cccc([N+](=O)[O-])c12. The number of rotatable bonds is 3. The van der Waals surface area contributed by atoms with Crippen molar-refractivity contribution in [2.75, 3.05) is 5.33 Å². The average Bonchev–Trinajstić information content (AvgIpc) is 2.71. The molecule has 0 atom stereocenters. The summed E-state index contributed by atoms with van der Waals surface area (Å²) < 4.78 is 0. The molecule has 1 N–H and O–H groups in total. The van der Waals surface area contributed by atoms with Gasteiger partial charge in [-0.3, -0.25) is 14.9 Å². The van der Waals surface area contributed by atoms with Crippen LogP contribution in [-0.4, -0.2) is 21.0 Å². The Balaban J connectivity index is 2.77. The zero-order chi connectivity index (χ0) is 11.7. The second kappa shape index (κ2) is 4.05. The molecule has 0 aliphatic rings. The van der Waals surface area contributed by atoms with Gasteiger partial charge in [-0.15, -0.1) is 0 Å². The van der Waals surface area contributed by atoms with Crippen LogP contribution in [0.2, 0.25) is 0 Å². The predicted octanol–water partition coefficient (Wildman–Crippen LogP) is 2.65. The van der Waals surface area contributed by atoms with Crippen molar-refractivity contribution in [3.63, 3.8) is 0 Å². The number of carbonyl (C=O) groups is 1. The molecule has 1 heterocycles. The molecule has 0 radical (unpaired) electrons. The largest absolute Gasteiger partial charge is 0.360 e. The topological polar surface area (TPSA) is 76.0 Å². The van der Waals surface area contributed by atoms with E-state index in [0.29, 0.717) is 16.5 Å². The van der Waals surface area contributed by atoms with Gasteiger partial charge in [0.05, 0.1) is 26.7 Å². The number of nitro benzene ring substituents is 1. The number of hydrogen-bond acceptors (Lipinski definition) is 3. The summed E-state index contributed by atoms with van der Waals surface area (Å²) in [5.41, 5.74) is 0.890. The van der Waals surface area contributed by atoms with E-state index in [1.807, 2.05) is 0 Å². The first-order valence-corrected chi connectivity index (χ1v) is 5.61. The van der Waals surface area contributed by atoms with Crippen molar-refractivity contribution in [2.24, 2.45) is 0 Å². The molecule has 5 nitrogen and oxygen atoms in total. The molecule has 82 valence electrons. The highest BCUT2D eigenvalue weighted by atomic mass is 79.9. The molecule has 0 amide bonds. The number of aromatic amines is 1. The number of carbonyl (C=O) groups excluding carboxylic acids is 1. The summed E-state index contributed by atoms with van der Waals surface area (Å²) in [4.78, 5) is 24.8. The van der Waals surface area contributed by atoms with E-state index in [9.17, 15) is 14.9 Å². The lowest BCUT2D eigenvalue weighted by molar-refractivity contribution is -0.383. The van der Waals surface area contributed by atoms with Crippen molar-refractivity contribution in [1.29, 1.82) is 0 Å². The highest BCUT2D eigenvalue weighted by molar-refractivity contribution is 9.09. The summed E-state index contributed by atoms with van der Waals surface area (Å²) in [6.07, 6.45) is 1.50. The normalized spacial score (nSPS) is 10.6. The highest BCUT2D eigenvalue weighted by Crippen LogP contribution is 2.28. The zero-order valence-electron chi connectivity index (χ0n) is 8.07. The van der Waals surface area contributed by atoms with Crippen molar-refractivity contribution >= 4 is 38.3 Å². The molecular weight excluding hydrogens is 276 g/mol. The molecule has 0 spiro atoms. The van der Waals surface area contributed by atoms with Gasteiger partial charge in [0.25, 0.3) is 5.69 Å². The van der Waals surface area contributed by atoms with Crippen LogP contribution in [-0.2, 0) is 0 Å². The summed E-state index contributed by atoms with van der Waals surface area (Å²) in [6, 6.07) is 4.67. The van der Waals surface area contributed by atoms with Crippen LogP contribution < -0.4 is 0 Å². The quantitative estimate of drug-likeness (QED) is 0.407. The minimum Gasteiger partial charge on any atom is -0.360 e. The third-order valence-corrected chi connectivity index (χ3v) is 2.81. The molecule has 0 unspecified atom stereocenters. The maximum absolute atomic E-state index is 11.6. The third kappa shape index (κ3) is 1.61. The second-order valence-electron chi connectivity index (χ2n) is 3.22. The predicted molar refractivity (Wildman–Crippen MR) is 63.1 cm³/mol. The summed E-state index contributed by atoms with van der Waals surface area (Å²) in [5, 5.41) is 11.4. The van der Waals surface area contributed by atoms with E-state index in [1.54, 1.807) is 12.1 Å². The van der Waals surface area contributed by atoms with Crippen LogP contribution in [0.3, 0.4) is 0 Å². The Bertz CT molecular complexity index is 576. The number of H-pyrrole nitrogens is 1. The molecule has 2 aromatic rings. The lowest BCUT2D eigenvalue weighted by atomic mass is 10.1. The average molecular weight is 283 g/mol. The van der Waals surface area contributed by atoms with Gasteiger partial charge in [0.2, 0.25) is 0 Å². The van der Waals surface area contributed by atoms with Gasteiger partial charge >= 0.3 is 0 Å². The number of nitrogens with zero attached hydrogens (tertiary/aromatic N) is 1. The van der Waals surface area contributed by atoms with Gasteiger partial charge in [-0.2, -0.15) is 0 Å². The lowest BCUT2D eigenvalue weighted by Crippen LogP contribution is -1.99. The third-order valence-electron chi connectivity index (χ3n) is 2.30. The van der Waals surface area contributed by atoms with E-state index in [1.165, 1.54) is 12.3 Å². The van der Waals surface area contributed by atoms with Crippen molar-refractivity contribution in [2.45, 2.75) is 0 Å². The van der Waals surface area contributed by atoms with Gasteiger partial charge in [-0.05, 0) is 6.07 Å². The maximum Gasteiger partial charge on any atom is 0.279 e. The van der Waals surface area contributed by atoms with Crippen molar-refractivity contribution < 1.29 is 9.72 Å². The van der Waals surface area contributed by atoms with Crippen LogP contribution in [0.5, 0.6) is 0 Å². The Hall–Kier alpha value is -1.69. The first-order chi connectivity index (χ1) is 7.65. The minimum atomic E-state index is -0.485. The van der Waals surface area contributed by atoms with Crippen molar-refractivity contribution in [3.8, 4) is 0 Å². The Labute approximate surface area is 98.7 Å². The zero-order valence-corrected chi connectivity index (χ0v) is 9.65. The van der Waals surface area contributed by atoms with Crippen LogP contribution >= 0.6 is 15.9 Å². The van der Waals surface area contributed by atoms with Gasteiger partial charge in [0.15, 0.2) is 5.78 Å². The van der Waals surface area contributed by atoms with Gasteiger partial charge in [-0.1, -0.05) is 22.0 Å². The fourth-order valence-electron chi connectivity index (χ4n) is 1.61. The molecule has 0 saturated carbocycles. The van der Waals surface area contributed by atoms with Gasteiger partial charge in [-0.25, -0.2) is 0 Å². The Morgan fingerprint density at radius 1 is 1.50 bits per heavy atom. The molecule has 0 saturated heterocycles. The summed E-state index contributed by atoms with van der Waals surface area (Å²) in [5.74, 6) is -0.180. The Kier molecular flexibility index (Phi) is 2.74. The van der Waals surface area contributed by atoms with Crippen molar-refractivity contribution in [1.82, 2.24) is 4.98 Å². The van der Waals surface area contributed by atoms with Gasteiger partial charge in [0, 0.05) is 12.3 Å². The fourth-order valence-corrected chi connectivity index (χ4v) is 1.91. The van der Waals surface area contributed by atoms with E-state index < -0.39 is 4.92 Å². The fraction of sp³-hybridized carbons (Fsp3) is 0.100. The number of nitrogens with one attached hydrogen (secondary N) is 1. The van der Waals surface area contributed by atoms with Crippen molar-refractivity contribution in [3.05, 3.63) is 40.1 Å². The lowest BCUT2D eigenvalue weighted by Gasteiger charge is -1.96. The number of ketones is 1. The smallest absolute Gasteiger partial charge is 0.279 e. The molecule has 16 heavy (non-hydrogen) atoms. The summed E-state index contributed by atoms with van der Waals surface area (Å²) >= 11 is 3.05. The van der Waals surface area contributed by atoms with Gasteiger partial charge in [0.1, 0.15) is 0 Å². The highest BCUT2D eigenvalue weighted by Gasteiger charge is 2.19. The Morgan fingerprint density at radius 3 is 2.88 bits per heavy atom. The maximum atomic E-state index is 11.6. The van der Waals surface area contributed by atoms with E-state index in [4.69, 9.17) is 0 Å². The van der Waals surface area contributed by atoms with Crippen LogP contribution in [0.4, 0.5) is 5.69 Å². The number of non-ortho nitro benzene ring substituents is 1. The molecule has 1 aromatic heterocycles. The van der Waals surface area contributed by atoms with Crippen LogP contribution in [0.15, 0.2) is 24.4 Å². The number of benzene rings is 1. The first kappa shape index (κ1) is 10.8. The van der Waals surface area contributed by atoms with Crippen LogP contribution in [0.25, 0.3) is 10.9 Å². The van der Waals surface area contributed by atoms with E-state index >= 15 is 0 Å². The molecule has 0 aliphatic heterocycles.